The predicted molar refractivity (Wildman–Crippen MR) is 99.0 cm³/mol. The number of hydrogen-bond acceptors (Lipinski definition) is 1. The predicted octanol–water partition coefficient (Wildman–Crippen LogP) is 5.23. The van der Waals surface area contributed by atoms with Crippen LogP contribution in [0.15, 0.2) is 59.7 Å². The monoisotopic (exact) mass is 370 g/mol. The normalized spacial score (nSPS) is 11.2. The van der Waals surface area contributed by atoms with E-state index in [1.807, 2.05) is 35.2 Å². The van der Waals surface area contributed by atoms with Gasteiger partial charge >= 0.3 is 0 Å². The van der Waals surface area contributed by atoms with E-state index in [4.69, 9.17) is 11.6 Å². The lowest BCUT2D eigenvalue weighted by atomic mass is 10.0. The summed E-state index contributed by atoms with van der Waals surface area (Å²) in [6.07, 6.45) is 3.74. The highest BCUT2D eigenvalue weighted by Crippen LogP contribution is 2.29. The van der Waals surface area contributed by atoms with Gasteiger partial charge in [0.15, 0.2) is 5.43 Å². The molecule has 0 aliphatic heterocycles. The molecule has 2 heterocycles. The minimum absolute atomic E-state index is 0.110. The van der Waals surface area contributed by atoms with Crippen LogP contribution >= 0.6 is 11.6 Å². The van der Waals surface area contributed by atoms with Crippen LogP contribution in [0.5, 0.6) is 0 Å². The van der Waals surface area contributed by atoms with Crippen molar-refractivity contribution in [3.05, 3.63) is 87.3 Å². The Morgan fingerprint density at radius 3 is 2.50 bits per heavy atom. The summed E-state index contributed by atoms with van der Waals surface area (Å²) in [6.45, 7) is 1.60. The molecule has 1 N–H and O–H groups in total. The molecule has 2 aromatic heterocycles. The number of pyridine rings is 1. The van der Waals surface area contributed by atoms with E-state index in [1.54, 1.807) is 19.1 Å². The standard InChI is InChI=1S/C20H13ClF2N2O/c1-11-19(24-16-10-13(22)9-15(23)18(16)20(11)26)12-4-5-17(14(21)8-12)25-6-2-3-7-25/h2-10H,1H3,(H,24,26). The largest absolute Gasteiger partial charge is 0.354 e. The maximum Gasteiger partial charge on any atom is 0.195 e. The Balaban J connectivity index is 1.93. The summed E-state index contributed by atoms with van der Waals surface area (Å²) in [4.78, 5) is 15.5. The molecule has 0 aliphatic rings. The highest BCUT2D eigenvalue weighted by molar-refractivity contribution is 6.32. The quantitative estimate of drug-likeness (QED) is 0.515. The lowest BCUT2D eigenvalue weighted by molar-refractivity contribution is 0.591. The number of hydrogen-bond donors (Lipinski definition) is 1. The molecule has 0 fully saturated rings. The Morgan fingerprint density at radius 2 is 1.81 bits per heavy atom. The summed E-state index contributed by atoms with van der Waals surface area (Å²) in [6, 6.07) is 10.9. The van der Waals surface area contributed by atoms with Gasteiger partial charge in [0.05, 0.1) is 27.3 Å². The molecule has 130 valence electrons. The molecule has 0 bridgehead atoms. The molecule has 3 nitrogen and oxygen atoms in total. The SMILES string of the molecule is Cc1c(-c2ccc(-n3cccc3)c(Cl)c2)[nH]c2cc(F)cc(F)c2c1=O. The zero-order valence-electron chi connectivity index (χ0n) is 13.7. The van der Waals surface area contributed by atoms with Gasteiger partial charge in [-0.15, -0.1) is 0 Å². The number of nitrogens with one attached hydrogen (secondary N) is 1. The van der Waals surface area contributed by atoms with Crippen molar-refractivity contribution in [3.63, 3.8) is 0 Å². The fraction of sp³-hybridized carbons (Fsp3) is 0.0500. The average molecular weight is 371 g/mol. The van der Waals surface area contributed by atoms with Crippen LogP contribution in [0.3, 0.4) is 0 Å². The Bertz CT molecular complexity index is 1200. The van der Waals surface area contributed by atoms with Crippen molar-refractivity contribution in [2.75, 3.05) is 0 Å². The highest BCUT2D eigenvalue weighted by Gasteiger charge is 2.15. The molecule has 4 rings (SSSR count). The molecule has 0 saturated carbocycles. The van der Waals surface area contributed by atoms with E-state index in [1.165, 1.54) is 0 Å². The zero-order chi connectivity index (χ0) is 18.4. The molecule has 0 atom stereocenters. The van der Waals surface area contributed by atoms with Crippen molar-refractivity contribution < 1.29 is 8.78 Å². The third kappa shape index (κ3) is 2.61. The van der Waals surface area contributed by atoms with Crippen LogP contribution in [0.25, 0.3) is 27.8 Å². The second-order valence-corrected chi connectivity index (χ2v) is 6.43. The lowest BCUT2D eigenvalue weighted by Gasteiger charge is -2.12. The second-order valence-electron chi connectivity index (χ2n) is 6.02. The van der Waals surface area contributed by atoms with Crippen molar-refractivity contribution >= 4 is 22.5 Å². The fourth-order valence-electron chi connectivity index (χ4n) is 3.09. The lowest BCUT2D eigenvalue weighted by Crippen LogP contribution is -2.11. The van der Waals surface area contributed by atoms with E-state index in [2.05, 4.69) is 4.98 Å². The Labute approximate surface area is 152 Å². The van der Waals surface area contributed by atoms with Crippen LogP contribution in [0, 0.1) is 18.6 Å². The number of aromatic amines is 1. The van der Waals surface area contributed by atoms with Gasteiger partial charge in [-0.05, 0) is 42.8 Å². The van der Waals surface area contributed by atoms with E-state index in [0.29, 0.717) is 27.9 Å². The van der Waals surface area contributed by atoms with Crippen molar-refractivity contribution in [1.82, 2.24) is 9.55 Å². The van der Waals surface area contributed by atoms with Gasteiger partial charge < -0.3 is 9.55 Å². The number of halogens is 3. The van der Waals surface area contributed by atoms with Crippen molar-refractivity contribution in [2.45, 2.75) is 6.92 Å². The number of rotatable bonds is 2. The highest BCUT2D eigenvalue weighted by atomic mass is 35.5. The molecule has 2 aromatic carbocycles. The Morgan fingerprint density at radius 1 is 1.08 bits per heavy atom. The third-order valence-corrected chi connectivity index (χ3v) is 4.68. The zero-order valence-corrected chi connectivity index (χ0v) is 14.4. The minimum atomic E-state index is -0.878. The number of aromatic nitrogens is 2. The van der Waals surface area contributed by atoms with Gasteiger partial charge in [0.1, 0.15) is 11.6 Å². The van der Waals surface area contributed by atoms with Crippen molar-refractivity contribution in [1.29, 1.82) is 0 Å². The Kier molecular flexibility index (Phi) is 3.89. The smallest absolute Gasteiger partial charge is 0.195 e. The number of nitrogens with zero attached hydrogens (tertiary/aromatic N) is 1. The van der Waals surface area contributed by atoms with E-state index in [0.717, 1.165) is 11.8 Å². The molecule has 0 unspecified atom stereocenters. The number of H-pyrrole nitrogens is 1. The van der Waals surface area contributed by atoms with Crippen LogP contribution in [0.4, 0.5) is 8.78 Å². The summed E-state index contributed by atoms with van der Waals surface area (Å²) in [5.74, 6) is -1.63. The maximum absolute atomic E-state index is 14.0. The first kappa shape index (κ1) is 16.5. The van der Waals surface area contributed by atoms with Gasteiger partial charge in [0.2, 0.25) is 0 Å². The van der Waals surface area contributed by atoms with E-state index >= 15 is 0 Å². The third-order valence-electron chi connectivity index (χ3n) is 4.38. The van der Waals surface area contributed by atoms with E-state index in [9.17, 15) is 13.6 Å². The van der Waals surface area contributed by atoms with E-state index in [-0.39, 0.29) is 10.9 Å². The average Bonchev–Trinajstić information content (AvgIpc) is 3.11. The molecule has 0 radical (unpaired) electrons. The summed E-state index contributed by atoms with van der Waals surface area (Å²) < 4.78 is 29.4. The van der Waals surface area contributed by atoms with E-state index < -0.39 is 17.1 Å². The molecule has 0 aliphatic carbocycles. The van der Waals surface area contributed by atoms with Crippen molar-refractivity contribution in [2.24, 2.45) is 0 Å². The Hall–Kier alpha value is -2.92. The van der Waals surface area contributed by atoms with Gasteiger partial charge in [-0.3, -0.25) is 4.79 Å². The van der Waals surface area contributed by atoms with Crippen molar-refractivity contribution in [3.8, 4) is 16.9 Å². The van der Waals surface area contributed by atoms with Crippen LogP contribution in [0.1, 0.15) is 5.56 Å². The van der Waals surface area contributed by atoms with Gasteiger partial charge in [-0.25, -0.2) is 8.78 Å². The first-order valence-electron chi connectivity index (χ1n) is 7.90. The molecule has 0 amide bonds. The first-order valence-corrected chi connectivity index (χ1v) is 8.28. The molecule has 26 heavy (non-hydrogen) atoms. The molecule has 0 spiro atoms. The summed E-state index contributed by atoms with van der Waals surface area (Å²) in [5, 5.41) is 0.340. The molecule has 4 aromatic rings. The second kappa shape index (κ2) is 6.11. The summed E-state index contributed by atoms with van der Waals surface area (Å²) in [5.41, 5.74) is 1.90. The summed E-state index contributed by atoms with van der Waals surface area (Å²) in [7, 11) is 0. The molecule has 6 heteroatoms. The van der Waals surface area contributed by atoms with Crippen LogP contribution < -0.4 is 5.43 Å². The van der Waals surface area contributed by atoms with Gasteiger partial charge in [0.25, 0.3) is 0 Å². The van der Waals surface area contributed by atoms with Crippen LogP contribution in [0.2, 0.25) is 5.02 Å². The summed E-state index contributed by atoms with van der Waals surface area (Å²) >= 11 is 6.40. The van der Waals surface area contributed by atoms with Gasteiger partial charge in [0, 0.05) is 24.0 Å². The minimum Gasteiger partial charge on any atom is -0.354 e. The maximum atomic E-state index is 14.0. The van der Waals surface area contributed by atoms with Crippen LogP contribution in [-0.2, 0) is 0 Å². The first-order chi connectivity index (χ1) is 12.5. The van der Waals surface area contributed by atoms with Gasteiger partial charge in [-0.1, -0.05) is 17.7 Å². The van der Waals surface area contributed by atoms with Gasteiger partial charge in [-0.2, -0.15) is 0 Å². The molecule has 0 saturated heterocycles. The molecular formula is C20H13ClF2N2O. The molecular weight excluding hydrogens is 358 g/mol. The number of fused-ring (bicyclic) bond motifs is 1. The topological polar surface area (TPSA) is 37.8 Å². The number of benzene rings is 2. The fourth-order valence-corrected chi connectivity index (χ4v) is 3.37. The van der Waals surface area contributed by atoms with Crippen LogP contribution in [-0.4, -0.2) is 9.55 Å².